The van der Waals surface area contributed by atoms with Gasteiger partial charge < -0.3 is 14.9 Å². The molecule has 1 aliphatic carbocycles. The van der Waals surface area contributed by atoms with Crippen molar-refractivity contribution < 1.29 is 19.6 Å². The van der Waals surface area contributed by atoms with Gasteiger partial charge in [-0.25, -0.2) is 0 Å². The molecular formula is C31H32N10O6. The molecule has 0 fully saturated rings. The SMILES string of the molecule is Cc1c(N=Nc2cccc(N3N=CC(N=NC4C=CC([N+](=O)[O-])=CC4=O)C3=O)c2)c(O)n(CCCN(C)C)c(=O)c1N1C=CC=CC1. The lowest BCUT2D eigenvalue weighted by Crippen LogP contribution is -2.31. The molecule has 2 unspecified atom stereocenters. The highest BCUT2D eigenvalue weighted by Gasteiger charge is 2.31. The first-order valence-corrected chi connectivity index (χ1v) is 14.6. The number of hydrogen-bond donors (Lipinski definition) is 1. The van der Waals surface area contributed by atoms with Crippen LogP contribution in [0.2, 0.25) is 0 Å². The number of azo groups is 2. The second-order valence-electron chi connectivity index (χ2n) is 11.0. The van der Waals surface area contributed by atoms with Gasteiger partial charge >= 0.3 is 0 Å². The molecule has 1 amide bonds. The number of aromatic hydroxyl groups is 1. The smallest absolute Gasteiger partial charge is 0.279 e. The van der Waals surface area contributed by atoms with Gasteiger partial charge in [0.2, 0.25) is 5.88 Å². The Bertz CT molecular complexity index is 1870. The van der Waals surface area contributed by atoms with E-state index in [0.717, 1.165) is 17.2 Å². The molecule has 242 valence electrons. The van der Waals surface area contributed by atoms with Crippen LogP contribution in [-0.2, 0) is 16.1 Å². The maximum atomic E-state index is 13.6. The Labute approximate surface area is 268 Å². The summed E-state index contributed by atoms with van der Waals surface area (Å²) in [7, 11) is 3.86. The van der Waals surface area contributed by atoms with Crippen molar-refractivity contribution in [2.75, 3.05) is 37.1 Å². The fourth-order valence-corrected chi connectivity index (χ4v) is 5.00. The summed E-state index contributed by atoms with van der Waals surface area (Å²) in [6, 6.07) is 4.31. The first-order chi connectivity index (χ1) is 22.5. The van der Waals surface area contributed by atoms with Crippen molar-refractivity contribution in [2.24, 2.45) is 25.6 Å². The third-order valence-corrected chi connectivity index (χ3v) is 7.40. The first kappa shape index (κ1) is 32.5. The molecule has 47 heavy (non-hydrogen) atoms. The highest BCUT2D eigenvalue weighted by molar-refractivity contribution is 6.11. The number of anilines is 2. The summed E-state index contributed by atoms with van der Waals surface area (Å²) in [5.74, 6) is -1.46. The van der Waals surface area contributed by atoms with Gasteiger partial charge in [-0.1, -0.05) is 18.2 Å². The van der Waals surface area contributed by atoms with Crippen LogP contribution in [0.25, 0.3) is 0 Å². The molecule has 0 bridgehead atoms. The lowest BCUT2D eigenvalue weighted by molar-refractivity contribution is -0.419. The molecule has 2 atom stereocenters. The lowest BCUT2D eigenvalue weighted by Gasteiger charge is -2.24. The number of carbonyl (C=O) groups excluding carboxylic acids is 2. The molecule has 16 nitrogen and oxygen atoms in total. The third kappa shape index (κ3) is 7.17. The number of nitro groups is 1. The minimum atomic E-state index is -1.10. The highest BCUT2D eigenvalue weighted by Crippen LogP contribution is 2.36. The molecule has 16 heteroatoms. The predicted octanol–water partition coefficient (Wildman–Crippen LogP) is 3.94. The Hall–Kier alpha value is -5.90. The normalized spacial score (nSPS) is 19.3. The van der Waals surface area contributed by atoms with Crippen LogP contribution in [-0.4, -0.2) is 76.7 Å². The van der Waals surface area contributed by atoms with Gasteiger partial charge in [0.15, 0.2) is 23.6 Å². The molecule has 0 saturated heterocycles. The van der Waals surface area contributed by atoms with E-state index < -0.39 is 28.7 Å². The van der Waals surface area contributed by atoms with E-state index in [0.29, 0.717) is 42.1 Å². The summed E-state index contributed by atoms with van der Waals surface area (Å²) in [4.78, 5) is 52.8. The van der Waals surface area contributed by atoms with E-state index in [1.54, 1.807) is 42.3 Å². The van der Waals surface area contributed by atoms with Crippen molar-refractivity contribution in [1.82, 2.24) is 9.47 Å². The second kappa shape index (κ2) is 14.0. The molecule has 3 aliphatic rings. The second-order valence-corrected chi connectivity index (χ2v) is 11.0. The van der Waals surface area contributed by atoms with Crippen LogP contribution in [0, 0.1) is 17.0 Å². The zero-order valence-corrected chi connectivity index (χ0v) is 25.9. The van der Waals surface area contributed by atoms with Gasteiger partial charge in [0.25, 0.3) is 17.2 Å². The number of ketones is 1. The Morgan fingerprint density at radius 3 is 2.62 bits per heavy atom. The molecule has 2 aliphatic heterocycles. The summed E-state index contributed by atoms with van der Waals surface area (Å²) in [5.41, 5.74) is 0.986. The standard InChI is InChI=1S/C31H32N10O6/c1-20-27(30(44)39(16-8-13-37(2)3)31(45)28(20)38-14-5-4-6-15-38)36-33-21-9-7-10-22(17-21)40-29(43)25(19-32-40)35-34-24-12-11-23(41(46)47)18-26(24)42/h4-7,9-12,14,17-19,24-25,44H,8,13,15-16H2,1-3H3. The van der Waals surface area contributed by atoms with Gasteiger partial charge in [0, 0.05) is 30.9 Å². The topological polar surface area (TPSA) is 191 Å². The average Bonchev–Trinajstić information content (AvgIpc) is 3.42. The van der Waals surface area contributed by atoms with Crippen LogP contribution < -0.4 is 15.5 Å². The fraction of sp³-hybridized carbons (Fsp3) is 0.290. The zero-order valence-electron chi connectivity index (χ0n) is 25.9. The molecule has 1 aromatic heterocycles. The van der Waals surface area contributed by atoms with Gasteiger partial charge in [-0.05, 0) is 64.3 Å². The van der Waals surface area contributed by atoms with Gasteiger partial charge in [-0.2, -0.15) is 25.5 Å². The molecule has 3 heterocycles. The Morgan fingerprint density at radius 2 is 1.91 bits per heavy atom. The van der Waals surface area contributed by atoms with Crippen molar-refractivity contribution in [3.05, 3.63) is 98.7 Å². The van der Waals surface area contributed by atoms with Crippen LogP contribution >= 0.6 is 0 Å². The van der Waals surface area contributed by atoms with Crippen molar-refractivity contribution in [3.8, 4) is 5.88 Å². The largest absolute Gasteiger partial charge is 0.493 e. The zero-order chi connectivity index (χ0) is 33.7. The number of rotatable bonds is 11. The van der Waals surface area contributed by atoms with Crippen LogP contribution in [0.15, 0.2) is 103 Å². The Morgan fingerprint density at radius 1 is 1.13 bits per heavy atom. The number of pyridine rings is 1. The van der Waals surface area contributed by atoms with E-state index in [-0.39, 0.29) is 29.4 Å². The molecule has 5 rings (SSSR count). The number of aromatic nitrogens is 1. The molecule has 0 saturated carbocycles. The molecule has 0 spiro atoms. The van der Waals surface area contributed by atoms with Gasteiger partial charge in [0.1, 0.15) is 5.69 Å². The minimum Gasteiger partial charge on any atom is -0.493 e. The van der Waals surface area contributed by atoms with Crippen molar-refractivity contribution in [2.45, 2.75) is 32.0 Å². The summed E-state index contributed by atoms with van der Waals surface area (Å²) in [6.07, 6.45) is 12.6. The molecular weight excluding hydrogens is 608 g/mol. The van der Waals surface area contributed by atoms with E-state index in [9.17, 15) is 29.6 Å². The molecule has 2 aromatic rings. The fourth-order valence-electron chi connectivity index (χ4n) is 5.00. The van der Waals surface area contributed by atoms with E-state index in [4.69, 9.17) is 0 Å². The van der Waals surface area contributed by atoms with E-state index in [1.165, 1.54) is 16.9 Å². The number of benzene rings is 1. The number of amides is 1. The van der Waals surface area contributed by atoms with Gasteiger partial charge in [0.05, 0.1) is 28.6 Å². The average molecular weight is 641 g/mol. The summed E-state index contributed by atoms with van der Waals surface area (Å²) in [6.45, 7) is 3.17. The number of hydrogen-bond acceptors (Lipinski definition) is 13. The van der Waals surface area contributed by atoms with Crippen LogP contribution in [0.5, 0.6) is 5.88 Å². The number of nitrogens with zero attached hydrogens (tertiary/aromatic N) is 10. The molecule has 0 radical (unpaired) electrons. The maximum Gasteiger partial charge on any atom is 0.279 e. The van der Waals surface area contributed by atoms with Crippen LogP contribution in [0.1, 0.15) is 12.0 Å². The lowest BCUT2D eigenvalue weighted by atomic mass is 10.1. The van der Waals surface area contributed by atoms with E-state index in [2.05, 4.69) is 25.6 Å². The number of hydrazone groups is 1. The number of allylic oxidation sites excluding steroid dienone is 3. The monoisotopic (exact) mass is 640 g/mol. The predicted molar refractivity (Wildman–Crippen MR) is 174 cm³/mol. The quantitative estimate of drug-likeness (QED) is 0.217. The highest BCUT2D eigenvalue weighted by atomic mass is 16.6. The molecule has 1 N–H and O–H groups in total. The summed E-state index contributed by atoms with van der Waals surface area (Å²) in [5, 5.41) is 43.8. The Kier molecular flexibility index (Phi) is 9.70. The Balaban J connectivity index is 1.37. The van der Waals surface area contributed by atoms with Crippen molar-refractivity contribution >= 4 is 40.7 Å². The molecule has 1 aromatic carbocycles. The van der Waals surface area contributed by atoms with Gasteiger partial charge in [-0.3, -0.25) is 29.1 Å². The van der Waals surface area contributed by atoms with Crippen molar-refractivity contribution in [3.63, 3.8) is 0 Å². The van der Waals surface area contributed by atoms with Crippen LogP contribution in [0.3, 0.4) is 0 Å². The maximum absolute atomic E-state index is 13.6. The summed E-state index contributed by atoms with van der Waals surface area (Å²) < 4.78 is 1.31. The van der Waals surface area contributed by atoms with Gasteiger partial charge in [-0.15, -0.1) is 5.11 Å². The van der Waals surface area contributed by atoms with E-state index in [1.807, 2.05) is 37.2 Å². The first-order valence-electron chi connectivity index (χ1n) is 14.6. The van der Waals surface area contributed by atoms with E-state index >= 15 is 0 Å². The van der Waals surface area contributed by atoms with Crippen molar-refractivity contribution in [1.29, 1.82) is 0 Å². The number of carbonyl (C=O) groups is 2. The van der Waals surface area contributed by atoms with Crippen LogP contribution in [0.4, 0.5) is 22.7 Å². The summed E-state index contributed by atoms with van der Waals surface area (Å²) >= 11 is 0. The minimum absolute atomic E-state index is 0.139. The third-order valence-electron chi connectivity index (χ3n) is 7.40.